The Kier molecular flexibility index (Phi) is 4.50. The van der Waals surface area contributed by atoms with E-state index in [0.717, 1.165) is 28.5 Å². The number of nitrogens with zero attached hydrogens (tertiary/aromatic N) is 9. The van der Waals surface area contributed by atoms with Crippen LogP contribution in [-0.2, 0) is 26.7 Å². The number of aryl methyl sites for hydroxylation is 3. The minimum Gasteiger partial charge on any atom is -0.331 e. The Morgan fingerprint density at radius 2 is 1.86 bits per heavy atom. The summed E-state index contributed by atoms with van der Waals surface area (Å²) in [4.78, 5) is 15.3. The van der Waals surface area contributed by atoms with E-state index in [0.29, 0.717) is 41.8 Å². The van der Waals surface area contributed by atoms with E-state index in [4.69, 9.17) is 10.1 Å². The monoisotopic (exact) mass is 479 g/mol. The fourth-order valence-corrected chi connectivity index (χ4v) is 4.52. The molecular formula is C23H20F3N9. The molecule has 178 valence electrons. The van der Waals surface area contributed by atoms with Crippen molar-refractivity contribution in [2.24, 2.45) is 14.1 Å². The molecule has 0 saturated heterocycles. The van der Waals surface area contributed by atoms with Crippen molar-refractivity contribution in [3.05, 3.63) is 59.8 Å². The van der Waals surface area contributed by atoms with E-state index in [9.17, 15) is 13.2 Å². The van der Waals surface area contributed by atoms with E-state index in [1.54, 1.807) is 21.6 Å². The van der Waals surface area contributed by atoms with Gasteiger partial charge in [-0.15, -0.1) is 5.10 Å². The number of anilines is 2. The van der Waals surface area contributed by atoms with Crippen LogP contribution in [0.1, 0.15) is 16.7 Å². The highest BCUT2D eigenvalue weighted by Gasteiger charge is 2.34. The highest BCUT2D eigenvalue weighted by Crippen LogP contribution is 2.40. The summed E-state index contributed by atoms with van der Waals surface area (Å²) in [5.74, 6) is 1.98. The van der Waals surface area contributed by atoms with Gasteiger partial charge in [-0.05, 0) is 36.6 Å². The van der Waals surface area contributed by atoms with Crippen molar-refractivity contribution in [1.82, 2.24) is 38.9 Å². The van der Waals surface area contributed by atoms with Gasteiger partial charge in [-0.3, -0.25) is 4.68 Å². The molecule has 0 radical (unpaired) electrons. The Hall–Kier alpha value is -4.22. The van der Waals surface area contributed by atoms with Crippen LogP contribution in [0.25, 0.3) is 28.4 Å². The lowest BCUT2D eigenvalue weighted by Gasteiger charge is -2.20. The second-order valence-corrected chi connectivity index (χ2v) is 8.56. The molecule has 5 aromatic heterocycles. The van der Waals surface area contributed by atoms with E-state index >= 15 is 0 Å². The van der Waals surface area contributed by atoms with Crippen molar-refractivity contribution in [3.8, 4) is 22.9 Å². The number of halogens is 3. The van der Waals surface area contributed by atoms with Gasteiger partial charge >= 0.3 is 6.18 Å². The van der Waals surface area contributed by atoms with Crippen LogP contribution in [0.4, 0.5) is 24.8 Å². The predicted octanol–water partition coefficient (Wildman–Crippen LogP) is 3.95. The van der Waals surface area contributed by atoms with Gasteiger partial charge in [0.05, 0.1) is 11.3 Å². The summed E-state index contributed by atoms with van der Waals surface area (Å²) >= 11 is 0. The maximum Gasteiger partial charge on any atom is 0.417 e. The SMILES string of the molecule is Cc1c(-c2ccn(C)n2)cn2nc(-c3nccn3C)nc(N3CCc4cc(C(F)(F)F)cnc43)c12. The fourth-order valence-electron chi connectivity index (χ4n) is 4.52. The Balaban J connectivity index is 1.58. The number of hydrogen-bond acceptors (Lipinski definition) is 6. The van der Waals surface area contributed by atoms with E-state index < -0.39 is 11.7 Å². The molecule has 9 nitrogen and oxygen atoms in total. The molecule has 0 saturated carbocycles. The molecule has 6 rings (SSSR count). The second-order valence-electron chi connectivity index (χ2n) is 8.56. The normalized spacial score (nSPS) is 13.7. The maximum atomic E-state index is 13.3. The van der Waals surface area contributed by atoms with Crippen LogP contribution >= 0.6 is 0 Å². The van der Waals surface area contributed by atoms with Crippen molar-refractivity contribution < 1.29 is 13.2 Å². The Morgan fingerprint density at radius 3 is 2.54 bits per heavy atom. The molecule has 0 atom stereocenters. The molecule has 1 aliphatic heterocycles. The first-order valence-electron chi connectivity index (χ1n) is 10.9. The molecule has 0 amide bonds. The van der Waals surface area contributed by atoms with Crippen LogP contribution in [-0.4, -0.2) is 45.5 Å². The number of fused-ring (bicyclic) bond motifs is 2. The molecular weight excluding hydrogens is 459 g/mol. The minimum absolute atomic E-state index is 0.392. The zero-order valence-electron chi connectivity index (χ0n) is 19.1. The van der Waals surface area contributed by atoms with E-state index in [2.05, 4.69) is 15.1 Å². The number of pyridine rings is 1. The zero-order valence-corrected chi connectivity index (χ0v) is 19.1. The van der Waals surface area contributed by atoms with Crippen LogP contribution in [0, 0.1) is 6.92 Å². The molecule has 0 fully saturated rings. The molecule has 0 bridgehead atoms. The lowest BCUT2D eigenvalue weighted by molar-refractivity contribution is -0.137. The van der Waals surface area contributed by atoms with Gasteiger partial charge in [-0.25, -0.2) is 19.5 Å². The van der Waals surface area contributed by atoms with Crippen molar-refractivity contribution in [2.45, 2.75) is 19.5 Å². The second kappa shape index (κ2) is 7.39. The average Bonchev–Trinajstić information content (AvgIpc) is 3.59. The maximum absolute atomic E-state index is 13.3. The van der Waals surface area contributed by atoms with Crippen LogP contribution in [0.15, 0.2) is 43.1 Å². The smallest absolute Gasteiger partial charge is 0.331 e. The molecule has 12 heteroatoms. The minimum atomic E-state index is -4.45. The largest absolute Gasteiger partial charge is 0.417 e. The van der Waals surface area contributed by atoms with Gasteiger partial charge < -0.3 is 9.47 Å². The zero-order chi connectivity index (χ0) is 24.5. The number of aromatic nitrogens is 8. The number of imidazole rings is 1. The van der Waals surface area contributed by atoms with Gasteiger partial charge in [-0.2, -0.15) is 18.3 Å². The molecule has 5 aromatic rings. The summed E-state index contributed by atoms with van der Waals surface area (Å²) in [6.07, 6.45) is 4.07. The first kappa shape index (κ1) is 21.3. The molecule has 35 heavy (non-hydrogen) atoms. The third-order valence-electron chi connectivity index (χ3n) is 6.26. The quantitative estimate of drug-likeness (QED) is 0.390. The first-order chi connectivity index (χ1) is 16.7. The van der Waals surface area contributed by atoms with E-state index in [1.165, 1.54) is 6.07 Å². The van der Waals surface area contributed by atoms with Gasteiger partial charge in [0, 0.05) is 57.2 Å². The first-order valence-corrected chi connectivity index (χ1v) is 10.9. The molecule has 0 aliphatic carbocycles. The molecule has 1 aliphatic rings. The highest BCUT2D eigenvalue weighted by atomic mass is 19.4. The fraction of sp³-hybridized carbons (Fsp3) is 0.261. The Labute approximate surface area is 197 Å². The number of alkyl halides is 3. The molecule has 6 heterocycles. The number of rotatable bonds is 3. The predicted molar refractivity (Wildman–Crippen MR) is 122 cm³/mol. The lowest BCUT2D eigenvalue weighted by atomic mass is 10.1. The summed E-state index contributed by atoms with van der Waals surface area (Å²) < 4.78 is 45.1. The summed E-state index contributed by atoms with van der Waals surface area (Å²) in [6, 6.07) is 3.09. The third kappa shape index (κ3) is 3.35. The van der Waals surface area contributed by atoms with E-state index in [1.807, 2.05) is 48.9 Å². The molecule has 0 aromatic carbocycles. The van der Waals surface area contributed by atoms with Crippen molar-refractivity contribution in [3.63, 3.8) is 0 Å². The van der Waals surface area contributed by atoms with Crippen molar-refractivity contribution in [2.75, 3.05) is 11.4 Å². The molecule has 0 spiro atoms. The van der Waals surface area contributed by atoms with Crippen LogP contribution in [0.2, 0.25) is 0 Å². The lowest BCUT2D eigenvalue weighted by Crippen LogP contribution is -2.19. The average molecular weight is 479 g/mol. The molecule has 0 unspecified atom stereocenters. The Bertz CT molecular complexity index is 1590. The topological polar surface area (TPSA) is 82.0 Å². The summed E-state index contributed by atoms with van der Waals surface area (Å²) in [6.45, 7) is 2.41. The standard InChI is InChI=1S/C23H20F3N9/c1-13-16(17-5-7-33(3)30-17)12-35-18(13)21(29-19(31-35)22-27-6-9-32(22)2)34-8-4-14-10-15(23(24,25)26)11-28-20(14)34/h5-7,9-12H,4,8H2,1-3H3. The summed E-state index contributed by atoms with van der Waals surface area (Å²) in [7, 11) is 3.70. The van der Waals surface area contributed by atoms with Gasteiger partial charge in [0.2, 0.25) is 5.82 Å². The summed E-state index contributed by atoms with van der Waals surface area (Å²) in [5, 5.41) is 9.24. The highest BCUT2D eigenvalue weighted by molar-refractivity contribution is 5.86. The van der Waals surface area contributed by atoms with Crippen molar-refractivity contribution in [1.29, 1.82) is 0 Å². The third-order valence-corrected chi connectivity index (χ3v) is 6.26. The molecule has 0 N–H and O–H groups in total. The van der Waals surface area contributed by atoms with Crippen molar-refractivity contribution >= 4 is 17.2 Å². The summed E-state index contributed by atoms with van der Waals surface area (Å²) in [5.41, 5.74) is 3.09. The van der Waals surface area contributed by atoms with Crippen LogP contribution in [0.3, 0.4) is 0 Å². The van der Waals surface area contributed by atoms with E-state index in [-0.39, 0.29) is 0 Å². The Morgan fingerprint density at radius 1 is 1.03 bits per heavy atom. The number of hydrogen-bond donors (Lipinski definition) is 0. The van der Waals surface area contributed by atoms with Crippen LogP contribution < -0.4 is 4.90 Å². The van der Waals surface area contributed by atoms with Gasteiger partial charge in [0.1, 0.15) is 11.3 Å². The van der Waals surface area contributed by atoms with Crippen LogP contribution in [0.5, 0.6) is 0 Å². The van der Waals surface area contributed by atoms with Gasteiger partial charge in [0.25, 0.3) is 0 Å². The van der Waals surface area contributed by atoms with Gasteiger partial charge in [-0.1, -0.05) is 0 Å². The van der Waals surface area contributed by atoms with Gasteiger partial charge in [0.15, 0.2) is 11.6 Å².